The molecule has 0 saturated carbocycles. The van der Waals surface area contributed by atoms with Crippen LogP contribution >= 0.6 is 0 Å². The molecular weight excluding hydrogens is 208 g/mol. The van der Waals surface area contributed by atoms with Crippen molar-refractivity contribution in [2.24, 2.45) is 4.99 Å². The Morgan fingerprint density at radius 3 is 2.47 bits per heavy atom. The predicted octanol–water partition coefficient (Wildman–Crippen LogP) is 3.74. The maximum absolute atomic E-state index is 4.50. The molecule has 0 atom stereocenters. The van der Waals surface area contributed by atoms with Gasteiger partial charge in [-0.05, 0) is 34.9 Å². The zero-order chi connectivity index (χ0) is 11.9. The molecule has 0 spiro atoms. The fraction of sp³-hybridized carbons (Fsp3) is 0.200. The highest BCUT2D eigenvalue weighted by Crippen LogP contribution is 2.38. The second kappa shape index (κ2) is 3.52. The largest absolute Gasteiger partial charge is 0.265 e. The van der Waals surface area contributed by atoms with E-state index < -0.39 is 0 Å². The maximum Gasteiger partial charge on any atom is 0.0673 e. The third kappa shape index (κ3) is 1.66. The molecule has 0 unspecified atom stereocenters. The molecule has 0 bridgehead atoms. The van der Waals surface area contributed by atoms with E-state index in [0.29, 0.717) is 0 Å². The molecule has 0 saturated heterocycles. The van der Waals surface area contributed by atoms with Gasteiger partial charge in [-0.15, -0.1) is 0 Å². The lowest BCUT2D eigenvalue weighted by Gasteiger charge is -2.15. The highest BCUT2D eigenvalue weighted by molar-refractivity contribution is 5.86. The van der Waals surface area contributed by atoms with E-state index in [1.807, 2.05) is 30.7 Å². The molecule has 0 aliphatic carbocycles. The van der Waals surface area contributed by atoms with Gasteiger partial charge in [-0.1, -0.05) is 26.0 Å². The number of hydrogen-bond donors (Lipinski definition) is 0. The molecule has 3 rings (SSSR count). The van der Waals surface area contributed by atoms with E-state index in [0.717, 1.165) is 5.69 Å². The van der Waals surface area contributed by atoms with Gasteiger partial charge in [0.25, 0.3) is 0 Å². The van der Waals surface area contributed by atoms with Gasteiger partial charge in [-0.3, -0.25) is 9.98 Å². The molecular formula is C15H14N2. The van der Waals surface area contributed by atoms with Gasteiger partial charge in [-0.2, -0.15) is 0 Å². The molecule has 2 heterocycles. The predicted molar refractivity (Wildman–Crippen MR) is 70.9 cm³/mol. The molecule has 17 heavy (non-hydrogen) atoms. The van der Waals surface area contributed by atoms with Gasteiger partial charge >= 0.3 is 0 Å². The first kappa shape index (κ1) is 10.2. The van der Waals surface area contributed by atoms with Crippen LogP contribution in [0.3, 0.4) is 0 Å². The van der Waals surface area contributed by atoms with Crippen LogP contribution in [0.2, 0.25) is 0 Å². The minimum atomic E-state index is 0.0616. The van der Waals surface area contributed by atoms with Crippen LogP contribution in [0.5, 0.6) is 0 Å². The van der Waals surface area contributed by atoms with Gasteiger partial charge in [0.1, 0.15) is 0 Å². The summed E-state index contributed by atoms with van der Waals surface area (Å²) in [5.41, 5.74) is 4.83. The molecule has 1 aliphatic heterocycles. The molecule has 1 aromatic carbocycles. The molecule has 1 aromatic heterocycles. The third-order valence-corrected chi connectivity index (χ3v) is 3.23. The highest BCUT2D eigenvalue weighted by Gasteiger charge is 2.26. The first-order valence-corrected chi connectivity index (χ1v) is 5.77. The molecule has 2 aromatic rings. The van der Waals surface area contributed by atoms with Crippen LogP contribution in [0.15, 0.2) is 47.7 Å². The summed E-state index contributed by atoms with van der Waals surface area (Å²) in [7, 11) is 0. The Balaban J connectivity index is 2.10. The third-order valence-electron chi connectivity index (χ3n) is 3.23. The van der Waals surface area contributed by atoms with E-state index in [1.165, 1.54) is 16.7 Å². The summed E-state index contributed by atoms with van der Waals surface area (Å²) in [6.07, 6.45) is 5.65. The average molecular weight is 222 g/mol. The quantitative estimate of drug-likeness (QED) is 0.721. The Bertz CT molecular complexity index is 583. The van der Waals surface area contributed by atoms with E-state index in [1.54, 1.807) is 0 Å². The number of pyridine rings is 1. The van der Waals surface area contributed by atoms with E-state index in [2.05, 4.69) is 42.0 Å². The zero-order valence-electron chi connectivity index (χ0n) is 10.0. The molecule has 2 nitrogen and oxygen atoms in total. The van der Waals surface area contributed by atoms with Gasteiger partial charge in [-0.25, -0.2) is 0 Å². The normalized spacial score (nSPS) is 15.9. The van der Waals surface area contributed by atoms with E-state index >= 15 is 0 Å². The molecule has 84 valence electrons. The molecule has 2 heteroatoms. The lowest BCUT2D eigenvalue weighted by Crippen LogP contribution is -2.14. The van der Waals surface area contributed by atoms with Crippen molar-refractivity contribution in [3.63, 3.8) is 0 Å². The van der Waals surface area contributed by atoms with Crippen molar-refractivity contribution in [3.8, 4) is 11.1 Å². The summed E-state index contributed by atoms with van der Waals surface area (Å²) in [5, 5.41) is 0. The summed E-state index contributed by atoms with van der Waals surface area (Å²) < 4.78 is 0. The first-order chi connectivity index (χ1) is 8.17. The number of fused-ring (bicyclic) bond motifs is 1. The topological polar surface area (TPSA) is 25.2 Å². The summed E-state index contributed by atoms with van der Waals surface area (Å²) in [6.45, 7) is 4.38. The van der Waals surface area contributed by atoms with Gasteiger partial charge in [0.2, 0.25) is 0 Å². The SMILES string of the molecule is CC1(C)C=Nc2cc(-c3ccncc3)ccc21. The Hall–Kier alpha value is -1.96. The maximum atomic E-state index is 4.50. The molecule has 0 amide bonds. The number of rotatable bonds is 1. The van der Waals surface area contributed by atoms with Crippen molar-refractivity contribution in [1.29, 1.82) is 0 Å². The minimum absolute atomic E-state index is 0.0616. The Morgan fingerprint density at radius 2 is 1.71 bits per heavy atom. The number of hydrogen-bond acceptors (Lipinski definition) is 2. The van der Waals surface area contributed by atoms with Crippen LogP contribution in [0, 0.1) is 0 Å². The Morgan fingerprint density at radius 1 is 0.941 bits per heavy atom. The van der Waals surface area contributed by atoms with Crippen LogP contribution in [0.1, 0.15) is 19.4 Å². The fourth-order valence-corrected chi connectivity index (χ4v) is 2.21. The van der Waals surface area contributed by atoms with E-state index in [9.17, 15) is 0 Å². The Kier molecular flexibility index (Phi) is 2.11. The highest BCUT2D eigenvalue weighted by atomic mass is 14.8. The number of nitrogens with zero attached hydrogens (tertiary/aromatic N) is 2. The van der Waals surface area contributed by atoms with Crippen molar-refractivity contribution in [1.82, 2.24) is 4.98 Å². The van der Waals surface area contributed by atoms with Gasteiger partial charge in [0.05, 0.1) is 5.69 Å². The van der Waals surface area contributed by atoms with Crippen molar-refractivity contribution in [2.75, 3.05) is 0 Å². The summed E-state index contributed by atoms with van der Waals surface area (Å²) in [4.78, 5) is 8.53. The first-order valence-electron chi connectivity index (χ1n) is 5.77. The molecule has 0 radical (unpaired) electrons. The zero-order valence-corrected chi connectivity index (χ0v) is 10.0. The van der Waals surface area contributed by atoms with Crippen molar-refractivity contribution >= 4 is 11.9 Å². The second-order valence-corrected chi connectivity index (χ2v) is 4.95. The number of aliphatic imine (C=N–C) groups is 1. The van der Waals surface area contributed by atoms with E-state index in [-0.39, 0.29) is 5.41 Å². The van der Waals surface area contributed by atoms with Gasteiger partial charge in [0, 0.05) is 24.0 Å². The number of benzene rings is 1. The van der Waals surface area contributed by atoms with Crippen LogP contribution in [-0.2, 0) is 5.41 Å². The summed E-state index contributed by atoms with van der Waals surface area (Å²) in [6, 6.07) is 10.5. The smallest absolute Gasteiger partial charge is 0.0673 e. The standard InChI is InChI=1S/C15H14N2/c1-15(2)10-17-14-9-12(3-4-13(14)15)11-5-7-16-8-6-11/h3-10H,1-2H3. The van der Waals surface area contributed by atoms with E-state index in [4.69, 9.17) is 0 Å². The molecule has 0 fully saturated rings. The van der Waals surface area contributed by atoms with Crippen LogP contribution in [0.4, 0.5) is 5.69 Å². The lowest BCUT2D eigenvalue weighted by atomic mass is 9.86. The van der Waals surface area contributed by atoms with Crippen LogP contribution < -0.4 is 0 Å². The number of aromatic nitrogens is 1. The minimum Gasteiger partial charge on any atom is -0.265 e. The van der Waals surface area contributed by atoms with Crippen LogP contribution in [-0.4, -0.2) is 11.2 Å². The summed E-state index contributed by atoms with van der Waals surface area (Å²) in [5.74, 6) is 0. The van der Waals surface area contributed by atoms with Crippen molar-refractivity contribution in [3.05, 3.63) is 48.3 Å². The molecule has 1 aliphatic rings. The summed E-state index contributed by atoms with van der Waals surface area (Å²) >= 11 is 0. The Labute approximate surface area is 101 Å². The lowest BCUT2D eigenvalue weighted by molar-refractivity contribution is 0.753. The second-order valence-electron chi connectivity index (χ2n) is 4.95. The van der Waals surface area contributed by atoms with Crippen molar-refractivity contribution < 1.29 is 0 Å². The fourth-order valence-electron chi connectivity index (χ4n) is 2.21. The monoisotopic (exact) mass is 222 g/mol. The average Bonchev–Trinajstić information content (AvgIpc) is 2.66. The van der Waals surface area contributed by atoms with Gasteiger partial charge in [0.15, 0.2) is 0 Å². The van der Waals surface area contributed by atoms with Crippen LogP contribution in [0.25, 0.3) is 11.1 Å². The van der Waals surface area contributed by atoms with Crippen molar-refractivity contribution in [2.45, 2.75) is 19.3 Å². The molecule has 0 N–H and O–H groups in total. The van der Waals surface area contributed by atoms with Gasteiger partial charge < -0.3 is 0 Å².